The fraction of sp³-hybridized carbons (Fsp3) is 0.250. The quantitative estimate of drug-likeness (QED) is 0.664. The molecule has 0 aliphatic rings. The highest BCUT2D eigenvalue weighted by atomic mass is 32.2. The molecule has 1 aromatic carbocycles. The van der Waals surface area contributed by atoms with Gasteiger partial charge in [-0.3, -0.25) is 15.2 Å². The van der Waals surface area contributed by atoms with Crippen LogP contribution in [0.2, 0.25) is 0 Å². The molecule has 0 spiro atoms. The number of aromatic amines is 1. The molecule has 0 bridgehead atoms. The zero-order valence-electron chi connectivity index (χ0n) is 11.5. The molecule has 1 aromatic heterocycles. The Morgan fingerprint density at radius 2 is 2.14 bits per heavy atom. The van der Waals surface area contributed by atoms with E-state index >= 15 is 0 Å². The summed E-state index contributed by atoms with van der Waals surface area (Å²) in [6, 6.07) is 3.79. The van der Waals surface area contributed by atoms with Crippen molar-refractivity contribution in [2.75, 3.05) is 7.05 Å². The van der Waals surface area contributed by atoms with E-state index in [2.05, 4.69) is 10.2 Å². The third-order valence-electron chi connectivity index (χ3n) is 3.03. The Balaban J connectivity index is 2.38. The maximum atomic E-state index is 12.5. The van der Waals surface area contributed by atoms with E-state index in [9.17, 15) is 18.5 Å². The summed E-state index contributed by atoms with van der Waals surface area (Å²) >= 11 is 0. The highest BCUT2D eigenvalue weighted by molar-refractivity contribution is 7.89. The zero-order valence-corrected chi connectivity index (χ0v) is 12.3. The molecule has 1 N–H and O–H groups in total. The highest BCUT2D eigenvalue weighted by Crippen LogP contribution is 2.24. The minimum atomic E-state index is -3.81. The molecule has 2 aromatic rings. The van der Waals surface area contributed by atoms with E-state index in [0.717, 1.165) is 10.4 Å². The molecule has 0 fully saturated rings. The SMILES string of the molecule is Cc1ccc([N+](=O)[O-])cc1S(=O)(=O)N(C)Cc1cn[nH]c1. The molecule has 0 radical (unpaired) electrons. The van der Waals surface area contributed by atoms with E-state index in [4.69, 9.17) is 0 Å². The van der Waals surface area contributed by atoms with Gasteiger partial charge < -0.3 is 0 Å². The summed E-state index contributed by atoms with van der Waals surface area (Å²) in [5.74, 6) is 0. The van der Waals surface area contributed by atoms with Gasteiger partial charge in [-0.2, -0.15) is 9.40 Å². The van der Waals surface area contributed by atoms with Gasteiger partial charge in [-0.05, 0) is 12.5 Å². The number of nitro benzene ring substituents is 1. The number of aryl methyl sites for hydroxylation is 1. The molecule has 0 amide bonds. The Hall–Kier alpha value is -2.26. The smallest absolute Gasteiger partial charge is 0.270 e. The molecule has 0 aliphatic heterocycles. The number of aromatic nitrogens is 2. The summed E-state index contributed by atoms with van der Waals surface area (Å²) in [4.78, 5) is 10.1. The van der Waals surface area contributed by atoms with Crippen LogP contribution in [0.4, 0.5) is 5.69 Å². The van der Waals surface area contributed by atoms with Gasteiger partial charge in [-0.25, -0.2) is 8.42 Å². The fourth-order valence-electron chi connectivity index (χ4n) is 1.85. The Kier molecular flexibility index (Phi) is 4.05. The number of nitro groups is 1. The molecule has 21 heavy (non-hydrogen) atoms. The Morgan fingerprint density at radius 3 is 2.71 bits per heavy atom. The maximum Gasteiger partial charge on any atom is 0.270 e. The van der Waals surface area contributed by atoms with Crippen LogP contribution in [-0.4, -0.2) is 34.9 Å². The van der Waals surface area contributed by atoms with Crippen molar-refractivity contribution in [3.05, 3.63) is 51.8 Å². The number of nitrogens with zero attached hydrogens (tertiary/aromatic N) is 3. The van der Waals surface area contributed by atoms with E-state index < -0.39 is 14.9 Å². The van der Waals surface area contributed by atoms with Crippen LogP contribution in [-0.2, 0) is 16.6 Å². The van der Waals surface area contributed by atoms with Crippen molar-refractivity contribution in [1.29, 1.82) is 0 Å². The Labute approximate surface area is 121 Å². The molecule has 0 aliphatic carbocycles. The lowest BCUT2D eigenvalue weighted by atomic mass is 10.2. The highest BCUT2D eigenvalue weighted by Gasteiger charge is 2.25. The first-order valence-electron chi connectivity index (χ1n) is 6.01. The van der Waals surface area contributed by atoms with Crippen molar-refractivity contribution in [1.82, 2.24) is 14.5 Å². The lowest BCUT2D eigenvalue weighted by molar-refractivity contribution is -0.385. The second-order valence-electron chi connectivity index (χ2n) is 4.57. The van der Waals surface area contributed by atoms with Crippen LogP contribution in [0.5, 0.6) is 0 Å². The number of benzene rings is 1. The van der Waals surface area contributed by atoms with Gasteiger partial charge in [0.05, 0.1) is 16.0 Å². The third kappa shape index (κ3) is 3.09. The van der Waals surface area contributed by atoms with Crippen LogP contribution >= 0.6 is 0 Å². The summed E-state index contributed by atoms with van der Waals surface area (Å²) < 4.78 is 26.2. The summed E-state index contributed by atoms with van der Waals surface area (Å²) in [7, 11) is -2.40. The summed E-state index contributed by atoms with van der Waals surface area (Å²) in [6.45, 7) is 1.73. The Morgan fingerprint density at radius 1 is 1.43 bits per heavy atom. The molecular formula is C12H14N4O4S. The summed E-state index contributed by atoms with van der Waals surface area (Å²) in [5, 5.41) is 17.2. The first-order valence-corrected chi connectivity index (χ1v) is 7.45. The molecule has 0 unspecified atom stereocenters. The van der Waals surface area contributed by atoms with Gasteiger partial charge in [-0.1, -0.05) is 6.07 Å². The molecule has 0 saturated carbocycles. The van der Waals surface area contributed by atoms with Gasteiger partial charge in [0.2, 0.25) is 10.0 Å². The van der Waals surface area contributed by atoms with Gasteiger partial charge in [0.25, 0.3) is 5.69 Å². The van der Waals surface area contributed by atoms with Crippen LogP contribution in [0.3, 0.4) is 0 Å². The van der Waals surface area contributed by atoms with Crippen molar-refractivity contribution < 1.29 is 13.3 Å². The molecule has 112 valence electrons. The fourth-order valence-corrected chi connectivity index (χ4v) is 3.25. The summed E-state index contributed by atoms with van der Waals surface area (Å²) in [5.41, 5.74) is 0.902. The lowest BCUT2D eigenvalue weighted by Crippen LogP contribution is -2.27. The van der Waals surface area contributed by atoms with E-state index in [0.29, 0.717) is 11.1 Å². The van der Waals surface area contributed by atoms with Crippen LogP contribution in [0.1, 0.15) is 11.1 Å². The third-order valence-corrected chi connectivity index (χ3v) is 4.98. The number of hydrogen-bond donors (Lipinski definition) is 1. The van der Waals surface area contributed by atoms with Crippen LogP contribution in [0.25, 0.3) is 0 Å². The molecule has 1 heterocycles. The second-order valence-corrected chi connectivity index (χ2v) is 6.59. The van der Waals surface area contributed by atoms with E-state index in [-0.39, 0.29) is 17.1 Å². The van der Waals surface area contributed by atoms with Crippen molar-refractivity contribution in [3.63, 3.8) is 0 Å². The topological polar surface area (TPSA) is 109 Å². The second kappa shape index (κ2) is 5.62. The lowest BCUT2D eigenvalue weighted by Gasteiger charge is -2.17. The number of rotatable bonds is 5. The van der Waals surface area contributed by atoms with E-state index in [1.165, 1.54) is 25.4 Å². The molecule has 0 atom stereocenters. The first-order chi connectivity index (χ1) is 9.82. The number of non-ortho nitro benzene ring substituents is 1. The van der Waals surface area contributed by atoms with E-state index in [1.54, 1.807) is 13.1 Å². The normalized spacial score (nSPS) is 11.8. The Bertz CT molecular complexity index is 756. The largest absolute Gasteiger partial charge is 0.285 e. The number of H-pyrrole nitrogens is 1. The minimum absolute atomic E-state index is 0.0669. The molecule has 8 nitrogen and oxygen atoms in total. The molecular weight excluding hydrogens is 296 g/mol. The van der Waals surface area contributed by atoms with Crippen molar-refractivity contribution >= 4 is 15.7 Å². The van der Waals surface area contributed by atoms with Crippen LogP contribution < -0.4 is 0 Å². The number of sulfonamides is 1. The maximum absolute atomic E-state index is 12.5. The number of nitrogens with one attached hydrogen (secondary N) is 1. The first kappa shape index (κ1) is 15.1. The standard InChI is InChI=1S/C12H14N4O4S/c1-9-3-4-11(16(17)18)5-12(9)21(19,20)15(2)8-10-6-13-14-7-10/h3-7H,8H2,1-2H3,(H,13,14). The average molecular weight is 310 g/mol. The summed E-state index contributed by atoms with van der Waals surface area (Å²) in [6.07, 6.45) is 3.11. The zero-order chi connectivity index (χ0) is 15.6. The van der Waals surface area contributed by atoms with Crippen LogP contribution in [0.15, 0.2) is 35.5 Å². The van der Waals surface area contributed by atoms with Crippen LogP contribution in [0, 0.1) is 17.0 Å². The van der Waals surface area contributed by atoms with Gasteiger partial charge in [0.15, 0.2) is 0 Å². The predicted molar refractivity (Wildman–Crippen MR) is 75.1 cm³/mol. The number of hydrogen-bond acceptors (Lipinski definition) is 5. The van der Waals surface area contributed by atoms with Gasteiger partial charge in [0.1, 0.15) is 0 Å². The monoisotopic (exact) mass is 310 g/mol. The average Bonchev–Trinajstić information content (AvgIpc) is 2.91. The molecule has 2 rings (SSSR count). The van der Waals surface area contributed by atoms with E-state index in [1.807, 2.05) is 0 Å². The van der Waals surface area contributed by atoms with Crippen molar-refractivity contribution in [2.45, 2.75) is 18.4 Å². The van der Waals surface area contributed by atoms with Gasteiger partial charge >= 0.3 is 0 Å². The molecule has 9 heteroatoms. The predicted octanol–water partition coefficient (Wildman–Crippen LogP) is 1.45. The van der Waals surface area contributed by atoms with Gasteiger partial charge in [0, 0.05) is 37.5 Å². The molecule has 0 saturated heterocycles. The minimum Gasteiger partial charge on any atom is -0.285 e. The van der Waals surface area contributed by atoms with Crippen molar-refractivity contribution in [2.24, 2.45) is 0 Å². The van der Waals surface area contributed by atoms with Gasteiger partial charge in [-0.15, -0.1) is 0 Å². The van der Waals surface area contributed by atoms with Crippen molar-refractivity contribution in [3.8, 4) is 0 Å².